The predicted molar refractivity (Wildman–Crippen MR) is 51.3 cm³/mol. The molecule has 0 spiro atoms. The van der Waals surface area contributed by atoms with E-state index in [0.717, 1.165) is 12.1 Å². The number of alkyl halides is 2. The maximum absolute atomic E-state index is 13.8. The van der Waals surface area contributed by atoms with Gasteiger partial charge in [-0.2, -0.15) is 0 Å². The largest absolute Gasteiger partial charge is 0.316 e. The molecule has 1 aromatic carbocycles. The van der Waals surface area contributed by atoms with Crippen molar-refractivity contribution >= 4 is 0 Å². The fourth-order valence-electron chi connectivity index (χ4n) is 1.92. The Bertz CT molecular complexity index is 345. The SMILES string of the molecule is Fc1ccccc1C(F)(F)C1CCNC1. The Hall–Kier alpha value is -1.03. The zero-order valence-electron chi connectivity index (χ0n) is 8.14. The van der Waals surface area contributed by atoms with Gasteiger partial charge in [-0.15, -0.1) is 0 Å². The summed E-state index contributed by atoms with van der Waals surface area (Å²) in [5.74, 6) is -4.70. The summed E-state index contributed by atoms with van der Waals surface area (Å²) in [7, 11) is 0. The van der Waals surface area contributed by atoms with Crippen molar-refractivity contribution in [2.75, 3.05) is 13.1 Å². The van der Waals surface area contributed by atoms with Gasteiger partial charge in [0.2, 0.25) is 0 Å². The van der Waals surface area contributed by atoms with Crippen LogP contribution in [-0.4, -0.2) is 13.1 Å². The van der Waals surface area contributed by atoms with Crippen molar-refractivity contribution in [3.63, 3.8) is 0 Å². The molecule has 4 heteroatoms. The average molecular weight is 215 g/mol. The van der Waals surface area contributed by atoms with Gasteiger partial charge in [-0.25, -0.2) is 13.2 Å². The van der Waals surface area contributed by atoms with Gasteiger partial charge in [0.1, 0.15) is 5.82 Å². The quantitative estimate of drug-likeness (QED) is 0.799. The van der Waals surface area contributed by atoms with Gasteiger partial charge < -0.3 is 5.32 Å². The van der Waals surface area contributed by atoms with Gasteiger partial charge in [0.05, 0.1) is 5.56 Å². The summed E-state index contributed by atoms with van der Waals surface area (Å²) < 4.78 is 40.9. The normalized spacial score (nSPS) is 21.9. The molecular weight excluding hydrogens is 203 g/mol. The van der Waals surface area contributed by atoms with Crippen molar-refractivity contribution < 1.29 is 13.2 Å². The van der Waals surface area contributed by atoms with Crippen molar-refractivity contribution in [1.29, 1.82) is 0 Å². The molecule has 0 amide bonds. The molecule has 1 aliphatic heterocycles. The maximum Gasteiger partial charge on any atom is 0.280 e. The molecule has 1 nitrogen and oxygen atoms in total. The number of nitrogens with one attached hydrogen (secondary N) is 1. The highest BCUT2D eigenvalue weighted by molar-refractivity contribution is 5.23. The van der Waals surface area contributed by atoms with Crippen LogP contribution in [0.5, 0.6) is 0 Å². The van der Waals surface area contributed by atoms with E-state index in [9.17, 15) is 13.2 Å². The zero-order chi connectivity index (χ0) is 10.9. The lowest BCUT2D eigenvalue weighted by molar-refractivity contribution is -0.0604. The second-order valence-corrected chi connectivity index (χ2v) is 3.79. The third-order valence-electron chi connectivity index (χ3n) is 2.81. The number of hydrogen-bond donors (Lipinski definition) is 1. The molecule has 1 N–H and O–H groups in total. The third kappa shape index (κ3) is 1.86. The van der Waals surface area contributed by atoms with Crippen LogP contribution in [0, 0.1) is 11.7 Å². The minimum absolute atomic E-state index is 0.251. The molecule has 1 aliphatic rings. The molecule has 1 unspecified atom stereocenters. The van der Waals surface area contributed by atoms with E-state index in [1.54, 1.807) is 0 Å². The van der Waals surface area contributed by atoms with E-state index in [1.165, 1.54) is 12.1 Å². The van der Waals surface area contributed by atoms with E-state index in [4.69, 9.17) is 0 Å². The molecule has 1 heterocycles. The van der Waals surface area contributed by atoms with Crippen molar-refractivity contribution in [3.05, 3.63) is 35.6 Å². The van der Waals surface area contributed by atoms with Crippen LogP contribution in [0.3, 0.4) is 0 Å². The first-order valence-corrected chi connectivity index (χ1v) is 4.96. The average Bonchev–Trinajstić information content (AvgIpc) is 2.71. The summed E-state index contributed by atoms with van der Waals surface area (Å²) in [5.41, 5.74) is -0.487. The Kier molecular flexibility index (Phi) is 2.69. The molecule has 0 saturated carbocycles. The van der Waals surface area contributed by atoms with Crippen molar-refractivity contribution in [2.24, 2.45) is 5.92 Å². The molecule has 1 aromatic rings. The van der Waals surface area contributed by atoms with E-state index >= 15 is 0 Å². The van der Waals surface area contributed by atoms with Crippen LogP contribution in [0.4, 0.5) is 13.2 Å². The van der Waals surface area contributed by atoms with E-state index in [-0.39, 0.29) is 6.54 Å². The second kappa shape index (κ2) is 3.85. The van der Waals surface area contributed by atoms with Gasteiger partial charge in [-0.1, -0.05) is 18.2 Å². The lowest BCUT2D eigenvalue weighted by Crippen LogP contribution is -2.28. The molecular formula is C11H12F3N. The minimum Gasteiger partial charge on any atom is -0.316 e. The molecule has 1 saturated heterocycles. The molecule has 0 aromatic heterocycles. The van der Waals surface area contributed by atoms with Crippen LogP contribution < -0.4 is 5.32 Å². The molecule has 0 radical (unpaired) electrons. The fourth-order valence-corrected chi connectivity index (χ4v) is 1.92. The summed E-state index contributed by atoms with van der Waals surface area (Å²) in [4.78, 5) is 0. The van der Waals surface area contributed by atoms with Crippen LogP contribution in [0.2, 0.25) is 0 Å². The third-order valence-corrected chi connectivity index (χ3v) is 2.81. The van der Waals surface area contributed by atoms with E-state index in [2.05, 4.69) is 5.32 Å². The van der Waals surface area contributed by atoms with E-state index in [1.807, 2.05) is 0 Å². The Morgan fingerprint density at radius 1 is 1.27 bits per heavy atom. The standard InChI is InChI=1S/C11H12F3N/c12-10-4-2-1-3-9(10)11(13,14)8-5-6-15-7-8/h1-4,8,15H,5-7H2. The van der Waals surface area contributed by atoms with Crippen LogP contribution in [-0.2, 0) is 5.92 Å². The van der Waals surface area contributed by atoms with Crippen LogP contribution in [0.1, 0.15) is 12.0 Å². The summed E-state index contributed by atoms with van der Waals surface area (Å²) in [6.07, 6.45) is 0.390. The smallest absolute Gasteiger partial charge is 0.280 e. The van der Waals surface area contributed by atoms with Crippen molar-refractivity contribution in [2.45, 2.75) is 12.3 Å². The minimum atomic E-state index is -3.07. The topological polar surface area (TPSA) is 12.0 Å². The van der Waals surface area contributed by atoms with Crippen LogP contribution in [0.25, 0.3) is 0 Å². The highest BCUT2D eigenvalue weighted by atomic mass is 19.3. The molecule has 15 heavy (non-hydrogen) atoms. The molecule has 1 fully saturated rings. The van der Waals surface area contributed by atoms with Gasteiger partial charge in [-0.3, -0.25) is 0 Å². The summed E-state index contributed by atoms with van der Waals surface area (Å²) in [5, 5.41) is 2.87. The van der Waals surface area contributed by atoms with Crippen molar-refractivity contribution in [3.8, 4) is 0 Å². The summed E-state index contributed by atoms with van der Waals surface area (Å²) in [6.45, 7) is 0.829. The molecule has 2 rings (SSSR count). The van der Waals surface area contributed by atoms with Gasteiger partial charge in [0.15, 0.2) is 0 Å². The first-order valence-electron chi connectivity index (χ1n) is 4.96. The number of hydrogen-bond acceptors (Lipinski definition) is 1. The number of halogens is 3. The van der Waals surface area contributed by atoms with Gasteiger partial charge >= 0.3 is 0 Å². The van der Waals surface area contributed by atoms with Crippen LogP contribution in [0.15, 0.2) is 24.3 Å². The molecule has 0 aliphatic carbocycles. The van der Waals surface area contributed by atoms with E-state index < -0.39 is 23.2 Å². The van der Waals surface area contributed by atoms with Gasteiger partial charge in [0.25, 0.3) is 5.92 Å². The Labute approximate surface area is 86.3 Å². The first kappa shape index (κ1) is 10.5. The van der Waals surface area contributed by atoms with Gasteiger partial charge in [0, 0.05) is 12.5 Å². The zero-order valence-corrected chi connectivity index (χ0v) is 8.14. The Morgan fingerprint density at radius 3 is 2.60 bits per heavy atom. The van der Waals surface area contributed by atoms with Gasteiger partial charge in [-0.05, 0) is 19.0 Å². The highest BCUT2D eigenvalue weighted by Gasteiger charge is 2.44. The number of rotatable bonds is 2. The lowest BCUT2D eigenvalue weighted by Gasteiger charge is -2.23. The summed E-state index contributed by atoms with van der Waals surface area (Å²) >= 11 is 0. The number of benzene rings is 1. The summed E-state index contributed by atoms with van der Waals surface area (Å²) in [6, 6.07) is 5.09. The highest BCUT2D eigenvalue weighted by Crippen LogP contribution is 2.39. The second-order valence-electron chi connectivity index (χ2n) is 3.79. The fraction of sp³-hybridized carbons (Fsp3) is 0.455. The van der Waals surface area contributed by atoms with Crippen molar-refractivity contribution in [1.82, 2.24) is 5.32 Å². The Morgan fingerprint density at radius 2 is 2.00 bits per heavy atom. The first-order chi connectivity index (χ1) is 7.12. The molecule has 0 bridgehead atoms. The Balaban J connectivity index is 2.31. The van der Waals surface area contributed by atoms with Crippen LogP contribution >= 0.6 is 0 Å². The predicted octanol–water partition coefficient (Wildman–Crippen LogP) is 2.53. The lowest BCUT2D eigenvalue weighted by atomic mass is 9.93. The van der Waals surface area contributed by atoms with E-state index in [0.29, 0.717) is 13.0 Å². The molecule has 82 valence electrons. The maximum atomic E-state index is 13.8. The molecule has 1 atom stereocenters. The monoisotopic (exact) mass is 215 g/mol.